The number of anilines is 2. The molecule has 0 unspecified atom stereocenters. The molecule has 140 valence electrons. The zero-order chi connectivity index (χ0) is 19.2. The second-order valence-electron chi connectivity index (χ2n) is 6.93. The molecule has 26 heavy (non-hydrogen) atoms. The number of urea groups is 1. The molecule has 0 aliphatic rings. The minimum atomic E-state index is -0.305. The maximum atomic E-state index is 12.2. The third kappa shape index (κ3) is 5.41. The van der Waals surface area contributed by atoms with Crippen LogP contribution in [0.15, 0.2) is 42.5 Å². The van der Waals surface area contributed by atoms with E-state index in [4.69, 9.17) is 9.47 Å². The topological polar surface area (TPSA) is 59.6 Å². The predicted octanol–water partition coefficient (Wildman–Crippen LogP) is 5.43. The molecule has 0 saturated carbocycles. The van der Waals surface area contributed by atoms with Crippen LogP contribution < -0.4 is 20.1 Å². The molecule has 0 atom stereocenters. The Kier molecular flexibility index (Phi) is 6.50. The monoisotopic (exact) mass is 356 g/mol. The van der Waals surface area contributed by atoms with E-state index in [2.05, 4.69) is 31.4 Å². The number of rotatable bonds is 6. The SMILES string of the molecule is CCOc1ccc(NC(=O)Nc2ccc(C(C)(C)C)cc2)cc1OCC. The lowest BCUT2D eigenvalue weighted by Gasteiger charge is -2.19. The van der Waals surface area contributed by atoms with E-state index in [9.17, 15) is 4.79 Å². The maximum absolute atomic E-state index is 12.2. The van der Waals surface area contributed by atoms with Gasteiger partial charge in [0.1, 0.15) is 0 Å². The summed E-state index contributed by atoms with van der Waals surface area (Å²) in [5.41, 5.74) is 2.68. The second-order valence-corrected chi connectivity index (χ2v) is 6.93. The van der Waals surface area contributed by atoms with Gasteiger partial charge in [0, 0.05) is 17.4 Å². The summed E-state index contributed by atoms with van der Waals surface area (Å²) in [4.78, 5) is 12.2. The summed E-state index contributed by atoms with van der Waals surface area (Å²) in [5.74, 6) is 1.28. The minimum absolute atomic E-state index is 0.0821. The van der Waals surface area contributed by atoms with E-state index in [-0.39, 0.29) is 11.4 Å². The molecule has 5 heteroatoms. The maximum Gasteiger partial charge on any atom is 0.323 e. The van der Waals surface area contributed by atoms with Crippen molar-refractivity contribution in [2.45, 2.75) is 40.0 Å². The average molecular weight is 356 g/mol. The number of ether oxygens (including phenoxy) is 2. The van der Waals surface area contributed by atoms with Gasteiger partial charge in [0.05, 0.1) is 13.2 Å². The van der Waals surface area contributed by atoms with Crippen molar-refractivity contribution in [2.24, 2.45) is 0 Å². The fourth-order valence-electron chi connectivity index (χ4n) is 2.48. The molecule has 0 aromatic heterocycles. The molecule has 2 aromatic carbocycles. The molecule has 5 nitrogen and oxygen atoms in total. The number of carbonyl (C=O) groups is 1. The molecule has 2 aromatic rings. The molecule has 0 aliphatic carbocycles. The predicted molar refractivity (Wildman–Crippen MR) is 107 cm³/mol. The lowest BCUT2D eigenvalue weighted by Crippen LogP contribution is -2.19. The van der Waals surface area contributed by atoms with Crippen LogP contribution in [0, 0.1) is 0 Å². The van der Waals surface area contributed by atoms with Crippen molar-refractivity contribution in [1.29, 1.82) is 0 Å². The van der Waals surface area contributed by atoms with E-state index in [1.807, 2.05) is 38.1 Å². The first-order valence-electron chi connectivity index (χ1n) is 8.91. The standard InChI is InChI=1S/C21H28N2O3/c1-6-25-18-13-12-17(14-19(18)26-7-2)23-20(24)22-16-10-8-15(9-11-16)21(3,4)5/h8-14H,6-7H2,1-5H3,(H2,22,23,24). The molecular weight excluding hydrogens is 328 g/mol. The van der Waals surface area contributed by atoms with E-state index in [0.29, 0.717) is 30.4 Å². The van der Waals surface area contributed by atoms with Crippen LogP contribution in [0.4, 0.5) is 16.2 Å². The van der Waals surface area contributed by atoms with Gasteiger partial charge >= 0.3 is 6.03 Å². The van der Waals surface area contributed by atoms with E-state index in [0.717, 1.165) is 5.69 Å². The summed E-state index contributed by atoms with van der Waals surface area (Å²) in [6.07, 6.45) is 0. The van der Waals surface area contributed by atoms with Crippen molar-refractivity contribution < 1.29 is 14.3 Å². The normalized spacial score (nSPS) is 11.0. The summed E-state index contributed by atoms with van der Waals surface area (Å²) in [5, 5.41) is 5.66. The first-order chi connectivity index (χ1) is 12.3. The number of benzene rings is 2. The largest absolute Gasteiger partial charge is 0.490 e. The Bertz CT molecular complexity index is 734. The molecule has 0 heterocycles. The van der Waals surface area contributed by atoms with E-state index in [1.165, 1.54) is 5.56 Å². The van der Waals surface area contributed by atoms with Crippen LogP contribution in [0.5, 0.6) is 11.5 Å². The first-order valence-corrected chi connectivity index (χ1v) is 8.91. The van der Waals surface area contributed by atoms with Crippen molar-refractivity contribution in [3.05, 3.63) is 48.0 Å². The summed E-state index contributed by atoms with van der Waals surface area (Å²) in [6.45, 7) is 11.4. The molecule has 2 rings (SSSR count). The van der Waals surface area contributed by atoms with Crippen molar-refractivity contribution >= 4 is 17.4 Å². The summed E-state index contributed by atoms with van der Waals surface area (Å²) in [6, 6.07) is 12.9. The third-order valence-electron chi connectivity index (χ3n) is 3.81. The molecular formula is C21H28N2O3. The van der Waals surface area contributed by atoms with Crippen molar-refractivity contribution in [1.82, 2.24) is 0 Å². The molecule has 0 radical (unpaired) electrons. The fourth-order valence-corrected chi connectivity index (χ4v) is 2.48. The lowest BCUT2D eigenvalue weighted by molar-refractivity contribution is 0.262. The number of nitrogens with one attached hydrogen (secondary N) is 2. The smallest absolute Gasteiger partial charge is 0.323 e. The first kappa shape index (κ1) is 19.6. The highest BCUT2D eigenvalue weighted by atomic mass is 16.5. The van der Waals surface area contributed by atoms with Gasteiger partial charge in [0.25, 0.3) is 0 Å². The fraction of sp³-hybridized carbons (Fsp3) is 0.381. The van der Waals surface area contributed by atoms with Gasteiger partial charge in [-0.3, -0.25) is 0 Å². The Morgan fingerprint density at radius 3 is 1.96 bits per heavy atom. The number of hydrogen-bond donors (Lipinski definition) is 2. The molecule has 2 amide bonds. The van der Waals surface area contributed by atoms with Crippen LogP contribution in [-0.2, 0) is 5.41 Å². The summed E-state index contributed by atoms with van der Waals surface area (Å²) in [7, 11) is 0. The Morgan fingerprint density at radius 1 is 0.846 bits per heavy atom. The highest BCUT2D eigenvalue weighted by Crippen LogP contribution is 2.30. The molecule has 0 bridgehead atoms. The Hall–Kier alpha value is -2.69. The average Bonchev–Trinajstić information content (AvgIpc) is 2.57. The van der Waals surface area contributed by atoms with Crippen molar-refractivity contribution in [3.63, 3.8) is 0 Å². The Balaban J connectivity index is 2.04. The molecule has 2 N–H and O–H groups in total. The molecule has 0 fully saturated rings. The van der Waals surface area contributed by atoms with E-state index >= 15 is 0 Å². The van der Waals surface area contributed by atoms with Crippen LogP contribution in [0.1, 0.15) is 40.2 Å². The van der Waals surface area contributed by atoms with Crippen LogP contribution in [0.3, 0.4) is 0 Å². The Morgan fingerprint density at radius 2 is 1.38 bits per heavy atom. The highest BCUT2D eigenvalue weighted by molar-refractivity contribution is 5.99. The summed E-state index contributed by atoms with van der Waals surface area (Å²) >= 11 is 0. The third-order valence-corrected chi connectivity index (χ3v) is 3.81. The number of carbonyl (C=O) groups excluding carboxylic acids is 1. The Labute approximate surface area is 155 Å². The molecule has 0 aliphatic heterocycles. The van der Waals surface area contributed by atoms with Crippen LogP contribution >= 0.6 is 0 Å². The minimum Gasteiger partial charge on any atom is -0.490 e. The van der Waals surface area contributed by atoms with Gasteiger partial charge in [0.2, 0.25) is 0 Å². The van der Waals surface area contributed by atoms with Gasteiger partial charge < -0.3 is 20.1 Å². The zero-order valence-corrected chi connectivity index (χ0v) is 16.2. The molecule has 0 spiro atoms. The highest BCUT2D eigenvalue weighted by Gasteiger charge is 2.13. The van der Waals surface area contributed by atoms with Crippen molar-refractivity contribution in [3.8, 4) is 11.5 Å². The van der Waals surface area contributed by atoms with Crippen LogP contribution in [0.25, 0.3) is 0 Å². The van der Waals surface area contributed by atoms with Crippen LogP contribution in [0.2, 0.25) is 0 Å². The van der Waals surface area contributed by atoms with Gasteiger partial charge in [-0.2, -0.15) is 0 Å². The lowest BCUT2D eigenvalue weighted by atomic mass is 9.87. The van der Waals surface area contributed by atoms with Gasteiger partial charge in [-0.05, 0) is 49.1 Å². The quantitative estimate of drug-likeness (QED) is 0.726. The van der Waals surface area contributed by atoms with E-state index in [1.54, 1.807) is 18.2 Å². The molecule has 0 saturated heterocycles. The van der Waals surface area contributed by atoms with Gasteiger partial charge in [-0.25, -0.2) is 4.79 Å². The van der Waals surface area contributed by atoms with Crippen molar-refractivity contribution in [2.75, 3.05) is 23.8 Å². The number of amides is 2. The summed E-state index contributed by atoms with van der Waals surface area (Å²) < 4.78 is 11.1. The second kappa shape index (κ2) is 8.61. The van der Waals surface area contributed by atoms with E-state index < -0.39 is 0 Å². The van der Waals surface area contributed by atoms with Crippen LogP contribution in [-0.4, -0.2) is 19.2 Å². The van der Waals surface area contributed by atoms with Gasteiger partial charge in [-0.1, -0.05) is 32.9 Å². The number of hydrogen-bond acceptors (Lipinski definition) is 3. The van der Waals surface area contributed by atoms with Gasteiger partial charge in [0.15, 0.2) is 11.5 Å². The van der Waals surface area contributed by atoms with Gasteiger partial charge in [-0.15, -0.1) is 0 Å². The zero-order valence-electron chi connectivity index (χ0n) is 16.2.